The standard InChI is InChI=1S/C26H25N7O5.ClH/c1-16-6-8-19(17(2)12-16)28-26(36)23(30-31-24(34)15-32-10-4-3-5-11-32)14-22-25(35)29-21-13-18(33(37)38)7-9-20(21)27-22;/h3-13,33,37H,14-15H2,1-2H3,(H2-,28,29,31,34,35,36);1H/p+1. The van der Waals surface area contributed by atoms with Crippen LogP contribution in [-0.2, 0) is 22.6 Å². The van der Waals surface area contributed by atoms with E-state index in [0.717, 1.165) is 11.1 Å². The summed E-state index contributed by atoms with van der Waals surface area (Å²) in [4.78, 5) is 45.4. The Morgan fingerprint density at radius 1 is 1.13 bits per heavy atom. The topological polar surface area (TPSA) is 168 Å². The van der Waals surface area contributed by atoms with Gasteiger partial charge in [-0.25, -0.2) is 15.6 Å². The fourth-order valence-electron chi connectivity index (χ4n) is 3.73. The summed E-state index contributed by atoms with van der Waals surface area (Å²) in [6.07, 6.45) is 3.14. The van der Waals surface area contributed by atoms with Crippen molar-refractivity contribution in [1.82, 2.24) is 15.4 Å². The van der Waals surface area contributed by atoms with Gasteiger partial charge >= 0.3 is 5.91 Å². The zero-order valence-electron chi connectivity index (χ0n) is 21.1. The Labute approximate surface area is 229 Å². The molecule has 2 aromatic heterocycles. The number of nitrogens with one attached hydrogen (secondary N) is 4. The Kier molecular flexibility index (Phi) is 9.57. The number of pyridine rings is 1. The number of hydrazone groups is 1. The Balaban J connectivity index is 0.00000420. The number of aromatic nitrogens is 3. The summed E-state index contributed by atoms with van der Waals surface area (Å²) in [6.45, 7) is 3.75. The van der Waals surface area contributed by atoms with Crippen molar-refractivity contribution in [3.8, 4) is 0 Å². The summed E-state index contributed by atoms with van der Waals surface area (Å²) in [5.41, 5.74) is 4.59. The van der Waals surface area contributed by atoms with Gasteiger partial charge in [0, 0.05) is 36.4 Å². The average Bonchev–Trinajstić information content (AvgIpc) is 2.88. The second-order valence-electron chi connectivity index (χ2n) is 8.64. The third-order valence-corrected chi connectivity index (χ3v) is 5.66. The SMILES string of the molecule is Cc1ccc(NC(=O)/C(Cc2nc3ccc([NH+]([O-])O)cc3[nH]c2=O)=N/NC(=O)C[n+]2ccccc2)c(C)c1.Cl. The van der Waals surface area contributed by atoms with Crippen molar-refractivity contribution in [3.63, 3.8) is 0 Å². The molecule has 0 spiro atoms. The summed E-state index contributed by atoms with van der Waals surface area (Å²) in [7, 11) is 0. The number of aryl methyl sites for hydroxylation is 2. The Morgan fingerprint density at radius 3 is 2.56 bits per heavy atom. The number of halogens is 1. The molecule has 4 rings (SSSR count). The predicted molar refractivity (Wildman–Crippen MR) is 146 cm³/mol. The number of H-pyrrole nitrogens is 1. The summed E-state index contributed by atoms with van der Waals surface area (Å²) < 4.78 is 1.64. The number of aromatic amines is 1. The maximum atomic E-state index is 13.2. The highest BCUT2D eigenvalue weighted by Crippen LogP contribution is 2.16. The summed E-state index contributed by atoms with van der Waals surface area (Å²) in [5.74, 6) is -1.09. The Bertz CT molecular complexity index is 1590. The average molecular weight is 553 g/mol. The molecule has 202 valence electrons. The molecule has 0 aliphatic heterocycles. The number of amides is 2. The molecule has 5 N–H and O–H groups in total. The lowest BCUT2D eigenvalue weighted by molar-refractivity contribution is -0.991. The van der Waals surface area contributed by atoms with E-state index >= 15 is 0 Å². The van der Waals surface area contributed by atoms with E-state index in [1.165, 1.54) is 18.2 Å². The summed E-state index contributed by atoms with van der Waals surface area (Å²) in [5, 5.41) is 26.1. The minimum atomic E-state index is -1.14. The van der Waals surface area contributed by atoms with Crippen molar-refractivity contribution in [3.05, 3.63) is 99.4 Å². The Morgan fingerprint density at radius 2 is 1.87 bits per heavy atom. The first kappa shape index (κ1) is 29.1. The third kappa shape index (κ3) is 7.52. The monoisotopic (exact) mass is 552 g/mol. The predicted octanol–water partition coefficient (Wildman–Crippen LogP) is 1.01. The van der Waals surface area contributed by atoms with Gasteiger partial charge < -0.3 is 15.5 Å². The maximum absolute atomic E-state index is 13.2. The van der Waals surface area contributed by atoms with Crippen LogP contribution in [0.2, 0.25) is 0 Å². The Hall–Kier alpha value is -4.49. The molecule has 0 radical (unpaired) electrons. The molecule has 12 nitrogen and oxygen atoms in total. The van der Waals surface area contributed by atoms with E-state index in [4.69, 9.17) is 0 Å². The van der Waals surface area contributed by atoms with Crippen LogP contribution in [0.4, 0.5) is 11.4 Å². The zero-order valence-corrected chi connectivity index (χ0v) is 21.9. The molecule has 0 aliphatic rings. The number of nitrogens with zero attached hydrogens (tertiary/aromatic N) is 3. The van der Waals surface area contributed by atoms with Crippen molar-refractivity contribution in [2.75, 3.05) is 5.32 Å². The van der Waals surface area contributed by atoms with Crippen molar-refractivity contribution in [2.24, 2.45) is 5.10 Å². The molecule has 2 aromatic carbocycles. The first-order valence-corrected chi connectivity index (χ1v) is 11.6. The molecular formula is C26H27ClN7O5+. The molecular weight excluding hydrogens is 526 g/mol. The highest BCUT2D eigenvalue weighted by Gasteiger charge is 2.19. The van der Waals surface area contributed by atoms with Crippen LogP contribution in [0.5, 0.6) is 0 Å². The van der Waals surface area contributed by atoms with E-state index in [-0.39, 0.29) is 48.0 Å². The number of carbonyl (C=O) groups is 2. The van der Waals surface area contributed by atoms with Gasteiger partial charge in [-0.1, -0.05) is 23.8 Å². The van der Waals surface area contributed by atoms with Crippen molar-refractivity contribution >= 4 is 52.3 Å². The molecule has 0 aliphatic carbocycles. The molecule has 0 saturated heterocycles. The number of hydrogen-bond acceptors (Lipinski definition) is 7. The fourth-order valence-corrected chi connectivity index (χ4v) is 3.73. The number of anilines is 1. The zero-order chi connectivity index (χ0) is 27.2. The van der Waals surface area contributed by atoms with Gasteiger partial charge in [0.15, 0.2) is 18.1 Å². The van der Waals surface area contributed by atoms with Crippen molar-refractivity contribution < 1.29 is 24.6 Å². The van der Waals surface area contributed by atoms with Crippen LogP contribution < -0.4 is 26.1 Å². The minimum Gasteiger partial charge on any atom is -0.595 e. The maximum Gasteiger partial charge on any atom is 0.305 e. The minimum absolute atomic E-state index is 0. The van der Waals surface area contributed by atoms with Gasteiger partial charge in [0.05, 0.1) is 11.0 Å². The van der Waals surface area contributed by atoms with Crippen LogP contribution in [0.25, 0.3) is 11.0 Å². The molecule has 0 saturated carbocycles. The van der Waals surface area contributed by atoms with E-state index in [0.29, 0.717) is 11.2 Å². The smallest absolute Gasteiger partial charge is 0.305 e. The molecule has 1 unspecified atom stereocenters. The number of rotatable bonds is 8. The van der Waals surface area contributed by atoms with Gasteiger partial charge in [0.2, 0.25) is 6.54 Å². The van der Waals surface area contributed by atoms with Gasteiger partial charge in [-0.2, -0.15) is 14.9 Å². The highest BCUT2D eigenvalue weighted by atomic mass is 35.5. The van der Waals surface area contributed by atoms with Gasteiger partial charge in [0.25, 0.3) is 11.5 Å². The molecule has 4 aromatic rings. The van der Waals surface area contributed by atoms with Gasteiger partial charge in [-0.15, -0.1) is 12.4 Å². The lowest BCUT2D eigenvalue weighted by Gasteiger charge is -2.12. The molecule has 13 heteroatoms. The first-order chi connectivity index (χ1) is 18.2. The van der Waals surface area contributed by atoms with E-state index < -0.39 is 22.6 Å². The number of hydrogen-bond donors (Lipinski definition) is 5. The summed E-state index contributed by atoms with van der Waals surface area (Å²) >= 11 is 0. The molecule has 39 heavy (non-hydrogen) atoms. The fraction of sp³-hybridized carbons (Fsp3) is 0.154. The van der Waals surface area contributed by atoms with E-state index in [1.54, 1.807) is 35.2 Å². The van der Waals surface area contributed by atoms with Gasteiger partial charge in [-0.3, -0.25) is 14.4 Å². The molecule has 2 amide bonds. The van der Waals surface area contributed by atoms with Crippen LogP contribution in [0.3, 0.4) is 0 Å². The van der Waals surface area contributed by atoms with E-state index in [1.807, 2.05) is 32.0 Å². The van der Waals surface area contributed by atoms with Crippen LogP contribution in [-0.4, -0.2) is 32.7 Å². The molecule has 0 fully saturated rings. The first-order valence-electron chi connectivity index (χ1n) is 11.6. The van der Waals surface area contributed by atoms with E-state index in [9.17, 15) is 24.8 Å². The van der Waals surface area contributed by atoms with Crippen LogP contribution in [0, 0.1) is 19.1 Å². The quantitative estimate of drug-likeness (QED) is 0.124. The number of benzene rings is 2. The third-order valence-electron chi connectivity index (χ3n) is 5.66. The van der Waals surface area contributed by atoms with Crippen molar-refractivity contribution in [1.29, 1.82) is 0 Å². The van der Waals surface area contributed by atoms with Gasteiger partial charge in [0.1, 0.15) is 11.4 Å². The number of fused-ring (bicyclic) bond motifs is 1. The second-order valence-corrected chi connectivity index (χ2v) is 8.64. The van der Waals surface area contributed by atoms with E-state index in [2.05, 4.69) is 25.8 Å². The molecule has 2 heterocycles. The number of carbonyl (C=O) groups excluding carboxylic acids is 2. The summed E-state index contributed by atoms with van der Waals surface area (Å²) in [6, 6.07) is 15.0. The van der Waals surface area contributed by atoms with Crippen molar-refractivity contribution in [2.45, 2.75) is 26.8 Å². The normalized spacial score (nSPS) is 11.9. The van der Waals surface area contributed by atoms with Gasteiger partial charge in [-0.05, 0) is 31.5 Å². The second kappa shape index (κ2) is 12.8. The lowest BCUT2D eigenvalue weighted by atomic mass is 10.1. The van der Waals surface area contributed by atoms with Crippen LogP contribution in [0.1, 0.15) is 16.8 Å². The highest BCUT2D eigenvalue weighted by molar-refractivity contribution is 6.43. The largest absolute Gasteiger partial charge is 0.595 e. The molecule has 0 bridgehead atoms. The van der Waals surface area contributed by atoms with Crippen LogP contribution in [0.15, 0.2) is 76.9 Å². The number of quaternary nitrogens is 1. The molecule has 1 atom stereocenters. The van der Waals surface area contributed by atoms with Crippen LogP contribution >= 0.6 is 12.4 Å². The lowest BCUT2D eigenvalue weighted by Crippen LogP contribution is -2.99.